The van der Waals surface area contributed by atoms with E-state index < -0.39 is 0 Å². The van der Waals surface area contributed by atoms with E-state index in [1.807, 2.05) is 0 Å². The highest BCUT2D eigenvalue weighted by Crippen LogP contribution is 2.24. The fourth-order valence-electron chi connectivity index (χ4n) is 0.619. The fourth-order valence-corrected chi connectivity index (χ4v) is 0.793. The molecule has 0 aromatic carbocycles. The maximum absolute atomic E-state index is 9.01. The van der Waals surface area contributed by atoms with Crippen molar-refractivity contribution in [2.75, 3.05) is 0 Å². The summed E-state index contributed by atoms with van der Waals surface area (Å²) >= 11 is 5.55. The molecule has 0 saturated carbocycles. The van der Waals surface area contributed by atoms with Gasteiger partial charge in [-0.25, -0.2) is 0 Å². The summed E-state index contributed by atoms with van der Waals surface area (Å²) in [5, 5.41) is 13.1. The van der Waals surface area contributed by atoms with Gasteiger partial charge in [0.15, 0.2) is 10.9 Å². The van der Waals surface area contributed by atoms with Gasteiger partial charge in [0.1, 0.15) is 5.69 Å². The molecule has 0 aliphatic rings. The molecule has 1 heterocycles. The van der Waals surface area contributed by atoms with Gasteiger partial charge in [-0.05, 0) is 6.92 Å². The monoisotopic (exact) mass is 146 g/mol. The number of halogens is 1. The molecule has 0 saturated heterocycles. The van der Waals surface area contributed by atoms with Crippen molar-refractivity contribution in [1.82, 2.24) is 9.78 Å². The minimum Gasteiger partial charge on any atom is -0.503 e. The molecule has 9 heavy (non-hydrogen) atoms. The molecule has 1 rings (SSSR count). The number of rotatable bonds is 0. The van der Waals surface area contributed by atoms with E-state index in [-0.39, 0.29) is 10.9 Å². The van der Waals surface area contributed by atoms with E-state index in [1.54, 1.807) is 14.0 Å². The molecule has 0 fully saturated rings. The SMILES string of the molecule is Cc1nn(C)c(Cl)c1O. The third-order valence-electron chi connectivity index (χ3n) is 1.12. The fraction of sp³-hybridized carbons (Fsp3) is 0.400. The van der Waals surface area contributed by atoms with Gasteiger partial charge in [-0.1, -0.05) is 11.6 Å². The average molecular weight is 147 g/mol. The van der Waals surface area contributed by atoms with Crippen molar-refractivity contribution in [3.8, 4) is 5.75 Å². The molecule has 0 aliphatic heterocycles. The Balaban J connectivity index is 3.29. The summed E-state index contributed by atoms with van der Waals surface area (Å²) in [5.41, 5.74) is 0.558. The quantitative estimate of drug-likeness (QED) is 0.595. The van der Waals surface area contributed by atoms with Crippen molar-refractivity contribution in [3.63, 3.8) is 0 Å². The summed E-state index contributed by atoms with van der Waals surface area (Å²) in [6, 6.07) is 0. The Morgan fingerprint density at radius 1 is 1.67 bits per heavy atom. The van der Waals surface area contributed by atoms with Crippen LogP contribution in [0.5, 0.6) is 5.75 Å². The van der Waals surface area contributed by atoms with Crippen LogP contribution in [0.2, 0.25) is 5.15 Å². The minimum atomic E-state index is 0.0687. The van der Waals surface area contributed by atoms with Crippen LogP contribution in [0.1, 0.15) is 5.69 Å². The van der Waals surface area contributed by atoms with Crippen LogP contribution in [0.4, 0.5) is 0 Å². The van der Waals surface area contributed by atoms with Gasteiger partial charge in [0.25, 0.3) is 0 Å². The molecule has 3 nitrogen and oxygen atoms in total. The molecule has 0 amide bonds. The molecular weight excluding hydrogens is 140 g/mol. The number of aryl methyl sites for hydroxylation is 2. The molecule has 1 N–H and O–H groups in total. The zero-order chi connectivity index (χ0) is 7.02. The Bertz CT molecular complexity index is 209. The zero-order valence-corrected chi connectivity index (χ0v) is 5.98. The van der Waals surface area contributed by atoms with Gasteiger partial charge in [-0.2, -0.15) is 5.10 Å². The van der Waals surface area contributed by atoms with Crippen molar-refractivity contribution in [2.45, 2.75) is 6.92 Å². The first-order valence-corrected chi connectivity index (χ1v) is 2.88. The lowest BCUT2D eigenvalue weighted by Crippen LogP contribution is -1.88. The molecule has 4 heteroatoms. The van der Waals surface area contributed by atoms with E-state index in [4.69, 9.17) is 16.7 Å². The van der Waals surface area contributed by atoms with Crippen LogP contribution in [-0.2, 0) is 7.05 Å². The number of hydrogen-bond acceptors (Lipinski definition) is 2. The first-order chi connectivity index (χ1) is 4.13. The van der Waals surface area contributed by atoms with E-state index in [1.165, 1.54) is 4.68 Å². The molecule has 50 valence electrons. The maximum atomic E-state index is 9.01. The van der Waals surface area contributed by atoms with Gasteiger partial charge >= 0.3 is 0 Å². The van der Waals surface area contributed by atoms with Crippen molar-refractivity contribution in [3.05, 3.63) is 10.8 Å². The van der Waals surface area contributed by atoms with Crippen molar-refractivity contribution < 1.29 is 5.11 Å². The van der Waals surface area contributed by atoms with E-state index >= 15 is 0 Å². The van der Waals surface area contributed by atoms with Gasteiger partial charge in [0.2, 0.25) is 0 Å². The Kier molecular flexibility index (Phi) is 1.37. The standard InChI is InChI=1S/C5H7ClN2O/c1-3-4(9)5(6)8(2)7-3/h9H,1-2H3. The van der Waals surface area contributed by atoms with Crippen LogP contribution < -0.4 is 0 Å². The molecular formula is C5H7ClN2O. The molecule has 0 aliphatic carbocycles. The van der Waals surface area contributed by atoms with Crippen LogP contribution in [0.3, 0.4) is 0 Å². The molecule has 0 spiro atoms. The Morgan fingerprint density at radius 2 is 2.22 bits per heavy atom. The molecule has 1 aromatic rings. The number of nitrogens with zero attached hydrogens (tertiary/aromatic N) is 2. The second kappa shape index (κ2) is 1.92. The molecule has 0 bridgehead atoms. The van der Waals surface area contributed by atoms with Crippen LogP contribution in [0.15, 0.2) is 0 Å². The van der Waals surface area contributed by atoms with Gasteiger partial charge in [0, 0.05) is 7.05 Å². The second-order valence-electron chi connectivity index (χ2n) is 1.85. The van der Waals surface area contributed by atoms with Gasteiger partial charge in [-0.3, -0.25) is 4.68 Å². The topological polar surface area (TPSA) is 38.0 Å². The Morgan fingerprint density at radius 3 is 2.33 bits per heavy atom. The van der Waals surface area contributed by atoms with Crippen molar-refractivity contribution >= 4 is 11.6 Å². The Hall–Kier alpha value is -0.700. The summed E-state index contributed by atoms with van der Waals surface area (Å²) in [7, 11) is 1.68. The first kappa shape index (κ1) is 6.42. The van der Waals surface area contributed by atoms with Crippen molar-refractivity contribution in [2.24, 2.45) is 7.05 Å². The predicted octanol–water partition coefficient (Wildman–Crippen LogP) is 1.09. The highest BCUT2D eigenvalue weighted by atomic mass is 35.5. The highest BCUT2D eigenvalue weighted by molar-refractivity contribution is 6.31. The lowest BCUT2D eigenvalue weighted by atomic mass is 10.5. The number of aromatic nitrogens is 2. The number of hydrogen-bond donors (Lipinski definition) is 1. The first-order valence-electron chi connectivity index (χ1n) is 2.51. The van der Waals surface area contributed by atoms with E-state index in [0.717, 1.165) is 0 Å². The van der Waals surface area contributed by atoms with Crippen LogP contribution in [0.25, 0.3) is 0 Å². The average Bonchev–Trinajstić information content (AvgIpc) is 1.98. The van der Waals surface area contributed by atoms with Crippen LogP contribution >= 0.6 is 11.6 Å². The van der Waals surface area contributed by atoms with E-state index in [0.29, 0.717) is 5.69 Å². The maximum Gasteiger partial charge on any atom is 0.175 e. The van der Waals surface area contributed by atoms with Gasteiger partial charge in [0.05, 0.1) is 0 Å². The molecule has 0 atom stereocenters. The largest absolute Gasteiger partial charge is 0.503 e. The predicted molar refractivity (Wildman–Crippen MR) is 34.6 cm³/mol. The lowest BCUT2D eigenvalue weighted by molar-refractivity contribution is 0.471. The lowest BCUT2D eigenvalue weighted by Gasteiger charge is -1.86. The normalized spacial score (nSPS) is 10.1. The van der Waals surface area contributed by atoms with Crippen LogP contribution in [0, 0.1) is 6.92 Å². The van der Waals surface area contributed by atoms with Crippen molar-refractivity contribution in [1.29, 1.82) is 0 Å². The Labute approximate surface area is 57.9 Å². The summed E-state index contributed by atoms with van der Waals surface area (Å²) in [4.78, 5) is 0. The third-order valence-corrected chi connectivity index (χ3v) is 1.55. The summed E-state index contributed by atoms with van der Waals surface area (Å²) in [6.07, 6.45) is 0. The zero-order valence-electron chi connectivity index (χ0n) is 5.22. The third kappa shape index (κ3) is 0.876. The smallest absolute Gasteiger partial charge is 0.175 e. The molecule has 0 radical (unpaired) electrons. The van der Waals surface area contributed by atoms with E-state index in [2.05, 4.69) is 5.10 Å². The van der Waals surface area contributed by atoms with Crippen LogP contribution in [-0.4, -0.2) is 14.9 Å². The summed E-state index contributed by atoms with van der Waals surface area (Å²) < 4.78 is 1.42. The van der Waals surface area contributed by atoms with E-state index in [9.17, 15) is 0 Å². The second-order valence-corrected chi connectivity index (χ2v) is 2.21. The van der Waals surface area contributed by atoms with Gasteiger partial charge in [-0.15, -0.1) is 0 Å². The highest BCUT2D eigenvalue weighted by Gasteiger charge is 2.07. The molecule has 1 aromatic heterocycles. The number of aromatic hydroxyl groups is 1. The minimum absolute atomic E-state index is 0.0687. The summed E-state index contributed by atoms with van der Waals surface area (Å²) in [6.45, 7) is 1.70. The molecule has 0 unspecified atom stereocenters. The van der Waals surface area contributed by atoms with Gasteiger partial charge < -0.3 is 5.11 Å². The summed E-state index contributed by atoms with van der Waals surface area (Å²) in [5.74, 6) is 0.0687.